The minimum absolute atomic E-state index is 0. The van der Waals surface area contributed by atoms with Crippen LogP contribution in [0, 0.1) is 5.92 Å². The first-order valence-electron chi connectivity index (χ1n) is 9.57. The van der Waals surface area contributed by atoms with Crippen molar-refractivity contribution in [3.05, 3.63) is 0 Å². The molecule has 26 heavy (non-hydrogen) atoms. The molecule has 6 nitrogen and oxygen atoms in total. The van der Waals surface area contributed by atoms with Crippen LogP contribution in [-0.4, -0.2) is 57.3 Å². The summed E-state index contributed by atoms with van der Waals surface area (Å²) in [5, 5.41) is 7.43. The van der Waals surface area contributed by atoms with Crippen LogP contribution in [0.1, 0.15) is 51.9 Å². The second-order valence-corrected chi connectivity index (χ2v) is 10.2. The van der Waals surface area contributed by atoms with Gasteiger partial charge in [-0.25, -0.2) is 13.1 Å². The standard InChI is InChI=1S/C17H34N4O2S2.HI/c1-3-18-17(21-15-8-5-9-16(12-15)24-2)19-10-11-25(22,23)20-13-14-6-4-7-14;/h14-16,20H,3-13H2,1-2H3,(H2,18,19,21);1H. The Kier molecular flexibility index (Phi) is 11.8. The Labute approximate surface area is 180 Å². The molecule has 0 bridgehead atoms. The Bertz CT molecular complexity index is 527. The van der Waals surface area contributed by atoms with Gasteiger partial charge in [0.1, 0.15) is 0 Å². The molecule has 0 aromatic rings. The molecule has 2 atom stereocenters. The van der Waals surface area contributed by atoms with E-state index in [4.69, 9.17) is 0 Å². The fourth-order valence-electron chi connectivity index (χ4n) is 3.30. The largest absolute Gasteiger partial charge is 0.357 e. The summed E-state index contributed by atoms with van der Waals surface area (Å²) < 4.78 is 26.8. The van der Waals surface area contributed by atoms with Crippen LogP contribution < -0.4 is 15.4 Å². The Morgan fingerprint density at radius 3 is 2.54 bits per heavy atom. The quantitative estimate of drug-likeness (QED) is 0.248. The van der Waals surface area contributed by atoms with Crippen molar-refractivity contribution in [2.24, 2.45) is 10.9 Å². The third kappa shape index (κ3) is 8.97. The average molecular weight is 519 g/mol. The summed E-state index contributed by atoms with van der Waals surface area (Å²) in [7, 11) is -3.23. The molecule has 2 saturated carbocycles. The lowest BCUT2D eigenvalue weighted by Crippen LogP contribution is -2.46. The molecule has 2 rings (SSSR count). The molecular weight excluding hydrogens is 483 g/mol. The monoisotopic (exact) mass is 518 g/mol. The van der Waals surface area contributed by atoms with Crippen molar-refractivity contribution in [2.75, 3.05) is 31.6 Å². The molecule has 0 aromatic heterocycles. The minimum Gasteiger partial charge on any atom is -0.357 e. The molecule has 2 unspecified atom stereocenters. The van der Waals surface area contributed by atoms with Gasteiger partial charge in [0.2, 0.25) is 10.0 Å². The maximum atomic E-state index is 12.1. The molecule has 0 radical (unpaired) electrons. The van der Waals surface area contributed by atoms with Crippen LogP contribution in [-0.2, 0) is 10.0 Å². The molecule has 9 heteroatoms. The highest BCUT2D eigenvalue weighted by atomic mass is 127. The van der Waals surface area contributed by atoms with Crippen LogP contribution in [0.5, 0.6) is 0 Å². The van der Waals surface area contributed by atoms with E-state index in [2.05, 4.69) is 26.6 Å². The third-order valence-corrected chi connectivity index (χ3v) is 7.51. The van der Waals surface area contributed by atoms with Gasteiger partial charge in [-0.15, -0.1) is 24.0 Å². The number of hydrogen-bond acceptors (Lipinski definition) is 4. The van der Waals surface area contributed by atoms with Gasteiger partial charge < -0.3 is 10.6 Å². The molecule has 3 N–H and O–H groups in total. The maximum Gasteiger partial charge on any atom is 0.213 e. The number of guanidine groups is 1. The van der Waals surface area contributed by atoms with Gasteiger partial charge in [-0.05, 0) is 51.2 Å². The topological polar surface area (TPSA) is 82.6 Å². The molecule has 2 aliphatic carbocycles. The number of rotatable bonds is 9. The molecule has 0 spiro atoms. The van der Waals surface area contributed by atoms with Crippen LogP contribution in [0.15, 0.2) is 4.99 Å². The highest BCUT2D eigenvalue weighted by Crippen LogP contribution is 2.27. The van der Waals surface area contributed by atoms with E-state index in [9.17, 15) is 8.42 Å². The van der Waals surface area contributed by atoms with E-state index in [-0.39, 0.29) is 36.3 Å². The zero-order valence-electron chi connectivity index (χ0n) is 16.0. The molecule has 0 aliphatic heterocycles. The molecule has 2 aliphatic rings. The smallest absolute Gasteiger partial charge is 0.213 e. The zero-order chi connectivity index (χ0) is 18.1. The van der Waals surface area contributed by atoms with Gasteiger partial charge in [-0.1, -0.05) is 12.8 Å². The van der Waals surface area contributed by atoms with Gasteiger partial charge in [0.25, 0.3) is 0 Å². The molecular formula is C17H35IN4O2S2. The average Bonchev–Trinajstić information content (AvgIpc) is 2.53. The van der Waals surface area contributed by atoms with Crippen molar-refractivity contribution in [1.82, 2.24) is 15.4 Å². The van der Waals surface area contributed by atoms with E-state index in [0.29, 0.717) is 23.8 Å². The highest BCUT2D eigenvalue weighted by Gasteiger charge is 2.22. The summed E-state index contributed by atoms with van der Waals surface area (Å²) in [5.41, 5.74) is 0. The molecule has 0 heterocycles. The van der Waals surface area contributed by atoms with Crippen LogP contribution in [0.3, 0.4) is 0 Å². The molecule has 154 valence electrons. The predicted octanol–water partition coefficient (Wildman–Crippen LogP) is 2.55. The number of sulfonamides is 1. The van der Waals surface area contributed by atoms with Crippen molar-refractivity contribution < 1.29 is 8.42 Å². The number of nitrogens with one attached hydrogen (secondary N) is 3. The Balaban J connectivity index is 0.00000338. The number of nitrogens with zero attached hydrogens (tertiary/aromatic N) is 1. The van der Waals surface area contributed by atoms with Crippen LogP contribution in [0.4, 0.5) is 0 Å². The van der Waals surface area contributed by atoms with E-state index in [1.807, 2.05) is 18.7 Å². The maximum absolute atomic E-state index is 12.1. The van der Waals surface area contributed by atoms with E-state index in [1.165, 1.54) is 19.3 Å². The Morgan fingerprint density at radius 2 is 1.92 bits per heavy atom. The molecule has 0 amide bonds. The van der Waals surface area contributed by atoms with Crippen LogP contribution >= 0.6 is 35.7 Å². The van der Waals surface area contributed by atoms with E-state index in [1.54, 1.807) is 0 Å². The summed E-state index contributed by atoms with van der Waals surface area (Å²) in [6.45, 7) is 3.67. The summed E-state index contributed by atoms with van der Waals surface area (Å²) >= 11 is 1.94. The number of hydrogen-bond donors (Lipinski definition) is 3. The van der Waals surface area contributed by atoms with Gasteiger partial charge in [-0.2, -0.15) is 11.8 Å². The highest BCUT2D eigenvalue weighted by molar-refractivity contribution is 14.0. The van der Waals surface area contributed by atoms with Gasteiger partial charge in [0.05, 0.1) is 12.3 Å². The van der Waals surface area contributed by atoms with Crippen LogP contribution in [0.25, 0.3) is 0 Å². The van der Waals surface area contributed by atoms with E-state index < -0.39 is 10.0 Å². The van der Waals surface area contributed by atoms with Gasteiger partial charge in [-0.3, -0.25) is 4.99 Å². The first-order valence-corrected chi connectivity index (χ1v) is 12.5. The van der Waals surface area contributed by atoms with Crippen molar-refractivity contribution in [3.63, 3.8) is 0 Å². The minimum atomic E-state index is -3.23. The van der Waals surface area contributed by atoms with Crippen molar-refractivity contribution in [3.8, 4) is 0 Å². The summed E-state index contributed by atoms with van der Waals surface area (Å²) in [6.07, 6.45) is 10.5. The fraction of sp³-hybridized carbons (Fsp3) is 0.941. The van der Waals surface area contributed by atoms with Crippen LogP contribution in [0.2, 0.25) is 0 Å². The molecule has 2 fully saturated rings. The lowest BCUT2D eigenvalue weighted by molar-refractivity contribution is 0.316. The Hall–Kier alpha value is 0.260. The fourth-order valence-corrected chi connectivity index (χ4v) is 5.09. The van der Waals surface area contributed by atoms with Crippen molar-refractivity contribution in [2.45, 2.75) is 63.2 Å². The summed E-state index contributed by atoms with van der Waals surface area (Å²) in [5.74, 6) is 1.32. The van der Waals surface area contributed by atoms with Gasteiger partial charge >= 0.3 is 0 Å². The van der Waals surface area contributed by atoms with Gasteiger partial charge in [0, 0.05) is 24.4 Å². The predicted molar refractivity (Wildman–Crippen MR) is 123 cm³/mol. The first kappa shape index (κ1) is 24.3. The van der Waals surface area contributed by atoms with E-state index >= 15 is 0 Å². The lowest BCUT2D eigenvalue weighted by Gasteiger charge is -2.29. The number of halogens is 1. The third-order valence-electron chi connectivity index (χ3n) is 5.09. The molecule has 0 aromatic carbocycles. The normalized spacial score (nSPS) is 24.5. The number of aliphatic imine (C=N–C) groups is 1. The summed E-state index contributed by atoms with van der Waals surface area (Å²) in [6, 6.07) is 0.428. The lowest BCUT2D eigenvalue weighted by atomic mass is 9.86. The SMILES string of the molecule is CCNC(=NCCS(=O)(=O)NCC1CCC1)NC1CCCC(SC)C1.I. The van der Waals surface area contributed by atoms with Crippen molar-refractivity contribution >= 4 is 51.7 Å². The number of thioether (sulfide) groups is 1. The van der Waals surface area contributed by atoms with Gasteiger partial charge in [0.15, 0.2) is 5.96 Å². The molecule has 0 saturated heterocycles. The Morgan fingerprint density at radius 1 is 1.19 bits per heavy atom. The second-order valence-electron chi connectivity index (χ2n) is 7.09. The second kappa shape index (κ2) is 12.7. The van der Waals surface area contributed by atoms with Crippen molar-refractivity contribution in [1.29, 1.82) is 0 Å². The first-order chi connectivity index (χ1) is 12.0. The summed E-state index contributed by atoms with van der Waals surface area (Å²) in [4.78, 5) is 4.47. The zero-order valence-corrected chi connectivity index (χ0v) is 20.0. The van der Waals surface area contributed by atoms with E-state index in [0.717, 1.165) is 38.2 Å².